The summed E-state index contributed by atoms with van der Waals surface area (Å²) < 4.78 is 11.3. The van der Waals surface area contributed by atoms with Gasteiger partial charge in [-0.1, -0.05) is 24.3 Å². The monoisotopic (exact) mass is 356 g/mol. The summed E-state index contributed by atoms with van der Waals surface area (Å²) in [6, 6.07) is 11.7. The van der Waals surface area contributed by atoms with Crippen molar-refractivity contribution in [2.24, 2.45) is 0 Å². The van der Waals surface area contributed by atoms with Crippen LogP contribution >= 0.6 is 11.3 Å². The molecule has 130 valence electrons. The normalized spacial score (nSPS) is 10.6. The molecule has 3 rings (SSSR count). The number of carbonyl (C=O) groups excluding carboxylic acids is 1. The molecule has 2 heterocycles. The van der Waals surface area contributed by atoms with E-state index in [1.807, 2.05) is 55.6 Å². The van der Waals surface area contributed by atoms with Gasteiger partial charge in [-0.25, -0.2) is 4.98 Å². The number of nitrogens with zero attached hydrogens (tertiary/aromatic N) is 1. The van der Waals surface area contributed by atoms with Crippen LogP contribution in [0, 0.1) is 13.8 Å². The third-order valence-corrected chi connectivity index (χ3v) is 4.59. The summed E-state index contributed by atoms with van der Waals surface area (Å²) in [4.78, 5) is 17.5. The number of benzene rings is 1. The van der Waals surface area contributed by atoms with E-state index in [0.717, 1.165) is 16.2 Å². The van der Waals surface area contributed by atoms with E-state index in [0.29, 0.717) is 30.5 Å². The van der Waals surface area contributed by atoms with Crippen molar-refractivity contribution in [1.29, 1.82) is 0 Å². The van der Waals surface area contributed by atoms with Gasteiger partial charge in [0.15, 0.2) is 0 Å². The lowest BCUT2D eigenvalue weighted by molar-refractivity contribution is -0.120. The van der Waals surface area contributed by atoms with Gasteiger partial charge in [-0.2, -0.15) is 0 Å². The first kappa shape index (κ1) is 17.2. The van der Waals surface area contributed by atoms with Crippen LogP contribution in [0.25, 0.3) is 10.8 Å². The predicted octanol–water partition coefficient (Wildman–Crippen LogP) is 3.76. The van der Waals surface area contributed by atoms with Crippen LogP contribution in [0.15, 0.2) is 46.2 Å². The van der Waals surface area contributed by atoms with Gasteiger partial charge in [-0.15, -0.1) is 11.3 Å². The Hall–Kier alpha value is -2.60. The maximum atomic E-state index is 12.1. The Morgan fingerprint density at radius 1 is 1.24 bits per heavy atom. The molecule has 0 saturated carbocycles. The van der Waals surface area contributed by atoms with Gasteiger partial charge in [-0.3, -0.25) is 4.79 Å². The molecule has 0 bridgehead atoms. The first-order valence-corrected chi connectivity index (χ1v) is 8.97. The fourth-order valence-corrected chi connectivity index (χ4v) is 3.03. The lowest BCUT2D eigenvalue weighted by atomic mass is 10.2. The summed E-state index contributed by atoms with van der Waals surface area (Å²) in [6.07, 6.45) is 0.199. The Morgan fingerprint density at radius 3 is 2.84 bits per heavy atom. The van der Waals surface area contributed by atoms with Crippen molar-refractivity contribution in [1.82, 2.24) is 10.3 Å². The lowest BCUT2D eigenvalue weighted by Gasteiger charge is -2.09. The Morgan fingerprint density at radius 2 is 2.08 bits per heavy atom. The number of amides is 1. The van der Waals surface area contributed by atoms with Crippen LogP contribution in [0.2, 0.25) is 0 Å². The van der Waals surface area contributed by atoms with Gasteiger partial charge in [0.05, 0.1) is 23.5 Å². The van der Waals surface area contributed by atoms with E-state index in [1.54, 1.807) is 11.3 Å². The minimum atomic E-state index is -0.0949. The number of aryl methyl sites for hydroxylation is 2. The molecule has 0 aliphatic carbocycles. The number of hydrogen-bond donors (Lipinski definition) is 1. The SMILES string of the molecule is Cc1ccccc1OCCNC(=O)Cc1nc(-c2cccs2)oc1C. The number of thiophene rings is 1. The van der Waals surface area contributed by atoms with Gasteiger partial charge in [0, 0.05) is 0 Å². The van der Waals surface area contributed by atoms with E-state index >= 15 is 0 Å². The van der Waals surface area contributed by atoms with Gasteiger partial charge >= 0.3 is 0 Å². The molecule has 1 aromatic carbocycles. The highest BCUT2D eigenvalue weighted by atomic mass is 32.1. The number of para-hydroxylation sites is 1. The first-order chi connectivity index (χ1) is 12.1. The molecule has 1 N–H and O–H groups in total. The molecular formula is C19H20N2O3S. The van der Waals surface area contributed by atoms with Crippen LogP contribution in [0.4, 0.5) is 0 Å². The maximum Gasteiger partial charge on any atom is 0.236 e. The number of oxazole rings is 1. The van der Waals surface area contributed by atoms with Crippen LogP contribution in [0.5, 0.6) is 5.75 Å². The number of nitrogens with one attached hydrogen (secondary N) is 1. The first-order valence-electron chi connectivity index (χ1n) is 8.09. The van der Waals surface area contributed by atoms with Crippen LogP contribution in [0.3, 0.4) is 0 Å². The van der Waals surface area contributed by atoms with E-state index < -0.39 is 0 Å². The highest BCUT2D eigenvalue weighted by Gasteiger charge is 2.15. The summed E-state index contributed by atoms with van der Waals surface area (Å²) in [6.45, 7) is 4.69. The highest BCUT2D eigenvalue weighted by molar-refractivity contribution is 7.13. The fraction of sp³-hybridized carbons (Fsp3) is 0.263. The van der Waals surface area contributed by atoms with Crippen molar-refractivity contribution in [2.75, 3.05) is 13.2 Å². The molecule has 0 fully saturated rings. The Bertz CT molecular complexity index is 840. The summed E-state index contributed by atoms with van der Waals surface area (Å²) in [5, 5.41) is 4.82. The molecule has 0 atom stereocenters. The van der Waals surface area contributed by atoms with Gasteiger partial charge < -0.3 is 14.5 Å². The molecule has 1 amide bonds. The summed E-state index contributed by atoms with van der Waals surface area (Å²) in [5.74, 6) is 1.99. The fourth-order valence-electron chi connectivity index (χ4n) is 2.38. The van der Waals surface area contributed by atoms with Crippen molar-refractivity contribution in [3.63, 3.8) is 0 Å². The largest absolute Gasteiger partial charge is 0.491 e. The van der Waals surface area contributed by atoms with Gasteiger partial charge in [0.2, 0.25) is 11.8 Å². The van der Waals surface area contributed by atoms with Gasteiger partial charge in [0.25, 0.3) is 0 Å². The average Bonchev–Trinajstić information content (AvgIpc) is 3.24. The number of carbonyl (C=O) groups is 1. The summed E-state index contributed by atoms with van der Waals surface area (Å²) in [7, 11) is 0. The second-order valence-electron chi connectivity index (χ2n) is 5.64. The summed E-state index contributed by atoms with van der Waals surface area (Å²) in [5.41, 5.74) is 1.74. The minimum absolute atomic E-state index is 0.0949. The zero-order chi connectivity index (χ0) is 17.6. The zero-order valence-electron chi connectivity index (χ0n) is 14.2. The third kappa shape index (κ3) is 4.48. The molecule has 6 heteroatoms. The van der Waals surface area contributed by atoms with E-state index in [9.17, 15) is 4.79 Å². The van der Waals surface area contributed by atoms with E-state index in [1.165, 1.54) is 0 Å². The van der Waals surface area contributed by atoms with Crippen molar-refractivity contribution in [3.8, 4) is 16.5 Å². The third-order valence-electron chi connectivity index (χ3n) is 3.73. The molecule has 0 aliphatic rings. The van der Waals surface area contributed by atoms with E-state index in [-0.39, 0.29) is 12.3 Å². The van der Waals surface area contributed by atoms with Crippen LogP contribution < -0.4 is 10.1 Å². The molecule has 0 aliphatic heterocycles. The van der Waals surface area contributed by atoms with Crippen LogP contribution in [-0.4, -0.2) is 24.0 Å². The molecule has 0 unspecified atom stereocenters. The number of ether oxygens (including phenoxy) is 1. The number of aromatic nitrogens is 1. The molecule has 25 heavy (non-hydrogen) atoms. The van der Waals surface area contributed by atoms with E-state index in [4.69, 9.17) is 9.15 Å². The number of hydrogen-bond acceptors (Lipinski definition) is 5. The second-order valence-corrected chi connectivity index (χ2v) is 6.59. The maximum absolute atomic E-state index is 12.1. The molecule has 0 saturated heterocycles. The van der Waals surface area contributed by atoms with Crippen LogP contribution in [0.1, 0.15) is 17.0 Å². The van der Waals surface area contributed by atoms with Crippen molar-refractivity contribution < 1.29 is 13.9 Å². The quantitative estimate of drug-likeness (QED) is 0.655. The average molecular weight is 356 g/mol. The van der Waals surface area contributed by atoms with Crippen molar-refractivity contribution >= 4 is 17.2 Å². The standard InChI is InChI=1S/C19H20N2O3S/c1-13-6-3-4-7-16(13)23-10-9-20-18(22)12-15-14(2)24-19(21-15)17-8-5-11-25-17/h3-8,11H,9-10,12H2,1-2H3,(H,20,22). The Labute approximate surface area is 150 Å². The highest BCUT2D eigenvalue weighted by Crippen LogP contribution is 2.26. The number of rotatable bonds is 7. The Balaban J connectivity index is 1.47. The summed E-state index contributed by atoms with van der Waals surface area (Å²) >= 11 is 1.56. The minimum Gasteiger partial charge on any atom is -0.491 e. The van der Waals surface area contributed by atoms with Gasteiger partial charge in [-0.05, 0) is 36.9 Å². The smallest absolute Gasteiger partial charge is 0.236 e. The molecular weight excluding hydrogens is 336 g/mol. The Kier molecular flexibility index (Phi) is 5.50. The predicted molar refractivity (Wildman–Crippen MR) is 97.9 cm³/mol. The molecule has 0 spiro atoms. The van der Waals surface area contributed by atoms with E-state index in [2.05, 4.69) is 10.3 Å². The van der Waals surface area contributed by atoms with Crippen molar-refractivity contribution in [2.45, 2.75) is 20.3 Å². The molecule has 3 aromatic rings. The van der Waals surface area contributed by atoms with Crippen molar-refractivity contribution in [3.05, 3.63) is 58.8 Å². The molecule has 5 nitrogen and oxygen atoms in total. The zero-order valence-corrected chi connectivity index (χ0v) is 15.1. The molecule has 0 radical (unpaired) electrons. The van der Waals surface area contributed by atoms with Crippen LogP contribution in [-0.2, 0) is 11.2 Å². The second kappa shape index (κ2) is 7.98. The topological polar surface area (TPSA) is 64.4 Å². The lowest BCUT2D eigenvalue weighted by Crippen LogP contribution is -2.29. The molecule has 2 aromatic heterocycles. The van der Waals surface area contributed by atoms with Gasteiger partial charge in [0.1, 0.15) is 18.1 Å².